The second kappa shape index (κ2) is 7.85. The topological polar surface area (TPSA) is 101 Å². The van der Waals surface area contributed by atoms with E-state index in [9.17, 15) is 14.4 Å². The average molecular weight is 359 g/mol. The molecular formula is C17H21N5O4. The molecule has 0 unspecified atom stereocenters. The van der Waals surface area contributed by atoms with Crippen LogP contribution in [-0.2, 0) is 11.3 Å². The predicted octanol–water partition coefficient (Wildman–Crippen LogP) is -0.321. The molecule has 2 aromatic heterocycles. The van der Waals surface area contributed by atoms with Crippen LogP contribution in [0.15, 0.2) is 40.2 Å². The van der Waals surface area contributed by atoms with Gasteiger partial charge >= 0.3 is 5.69 Å². The lowest BCUT2D eigenvalue weighted by molar-refractivity contribution is -0.131. The van der Waals surface area contributed by atoms with Gasteiger partial charge in [0.1, 0.15) is 0 Å². The van der Waals surface area contributed by atoms with Crippen molar-refractivity contribution >= 4 is 11.6 Å². The van der Waals surface area contributed by atoms with Crippen molar-refractivity contribution in [2.24, 2.45) is 0 Å². The Morgan fingerprint density at radius 1 is 1.19 bits per heavy atom. The van der Waals surface area contributed by atoms with Crippen LogP contribution < -0.4 is 20.9 Å². The maximum absolute atomic E-state index is 12.4. The number of pyridine rings is 1. The Bertz CT molecular complexity index is 866. The van der Waals surface area contributed by atoms with Gasteiger partial charge in [-0.3, -0.25) is 14.6 Å². The number of nitrogens with one attached hydrogen (secondary N) is 1. The summed E-state index contributed by atoms with van der Waals surface area (Å²) in [6.07, 6.45) is 3.39. The third-order valence-electron chi connectivity index (χ3n) is 4.39. The summed E-state index contributed by atoms with van der Waals surface area (Å²) < 4.78 is 6.39. The van der Waals surface area contributed by atoms with Crippen molar-refractivity contribution in [2.75, 3.05) is 38.2 Å². The number of methoxy groups -OCH3 is 1. The molecule has 3 heterocycles. The summed E-state index contributed by atoms with van der Waals surface area (Å²) >= 11 is 0. The second-order valence-electron chi connectivity index (χ2n) is 5.98. The monoisotopic (exact) mass is 359 g/mol. The van der Waals surface area contributed by atoms with E-state index in [0.29, 0.717) is 19.0 Å². The van der Waals surface area contributed by atoms with Crippen LogP contribution in [0.3, 0.4) is 0 Å². The maximum atomic E-state index is 12.4. The lowest BCUT2D eigenvalue weighted by atomic mass is 10.2. The molecule has 0 radical (unpaired) electrons. The number of aromatic amines is 1. The lowest BCUT2D eigenvalue weighted by Crippen LogP contribution is -2.49. The highest BCUT2D eigenvalue weighted by Crippen LogP contribution is 2.18. The molecule has 9 heteroatoms. The van der Waals surface area contributed by atoms with Gasteiger partial charge in [-0.1, -0.05) is 0 Å². The molecule has 0 spiro atoms. The summed E-state index contributed by atoms with van der Waals surface area (Å²) in [6, 6.07) is 5.04. The number of hydrogen-bond acceptors (Lipinski definition) is 6. The predicted molar refractivity (Wildman–Crippen MR) is 95.5 cm³/mol. The van der Waals surface area contributed by atoms with E-state index in [1.807, 2.05) is 12.1 Å². The zero-order valence-corrected chi connectivity index (χ0v) is 14.6. The van der Waals surface area contributed by atoms with Crippen LogP contribution in [0.4, 0.5) is 5.69 Å². The number of piperazine rings is 1. The molecule has 1 aliphatic rings. The van der Waals surface area contributed by atoms with Crippen molar-refractivity contribution in [3.8, 4) is 5.88 Å². The first-order valence-corrected chi connectivity index (χ1v) is 8.39. The van der Waals surface area contributed by atoms with Crippen LogP contribution in [0, 0.1) is 0 Å². The highest BCUT2D eigenvalue weighted by molar-refractivity contribution is 5.76. The largest absolute Gasteiger partial charge is 0.481 e. The van der Waals surface area contributed by atoms with Gasteiger partial charge in [0.05, 0.1) is 19.0 Å². The Kier molecular flexibility index (Phi) is 5.35. The lowest BCUT2D eigenvalue weighted by Gasteiger charge is -2.36. The number of aromatic nitrogens is 3. The third kappa shape index (κ3) is 4.11. The van der Waals surface area contributed by atoms with E-state index in [0.717, 1.165) is 18.8 Å². The summed E-state index contributed by atoms with van der Waals surface area (Å²) in [7, 11) is 1.58. The first-order valence-electron chi connectivity index (χ1n) is 8.39. The van der Waals surface area contributed by atoms with Crippen LogP contribution in [0.1, 0.15) is 6.42 Å². The van der Waals surface area contributed by atoms with Crippen molar-refractivity contribution in [1.82, 2.24) is 19.4 Å². The van der Waals surface area contributed by atoms with Gasteiger partial charge in [0.2, 0.25) is 11.8 Å². The van der Waals surface area contributed by atoms with Gasteiger partial charge in [0.15, 0.2) is 0 Å². The summed E-state index contributed by atoms with van der Waals surface area (Å²) in [4.78, 5) is 45.4. The molecule has 0 atom stereocenters. The SMILES string of the molecule is COc1ccc(N2CCN(C(=O)CCn3ccc(=O)[nH]c3=O)CC2)cn1. The van der Waals surface area contributed by atoms with E-state index in [1.165, 1.54) is 16.8 Å². The highest BCUT2D eigenvalue weighted by atomic mass is 16.5. The Morgan fingerprint density at radius 2 is 1.96 bits per heavy atom. The van der Waals surface area contributed by atoms with Gasteiger partial charge in [-0.2, -0.15) is 0 Å². The number of hydrogen-bond donors (Lipinski definition) is 1. The fraction of sp³-hybridized carbons (Fsp3) is 0.412. The van der Waals surface area contributed by atoms with Crippen molar-refractivity contribution < 1.29 is 9.53 Å². The summed E-state index contributed by atoms with van der Waals surface area (Å²) in [5.41, 5.74) is 0.0570. The highest BCUT2D eigenvalue weighted by Gasteiger charge is 2.21. The number of anilines is 1. The van der Waals surface area contributed by atoms with Crippen molar-refractivity contribution in [3.05, 3.63) is 51.4 Å². The van der Waals surface area contributed by atoms with E-state index in [1.54, 1.807) is 18.2 Å². The van der Waals surface area contributed by atoms with Crippen LogP contribution in [-0.4, -0.2) is 58.6 Å². The number of rotatable bonds is 5. The Balaban J connectivity index is 1.51. The molecule has 138 valence electrons. The van der Waals surface area contributed by atoms with Crippen molar-refractivity contribution in [1.29, 1.82) is 0 Å². The molecule has 2 aromatic rings. The van der Waals surface area contributed by atoms with E-state index < -0.39 is 11.2 Å². The maximum Gasteiger partial charge on any atom is 0.328 e. The van der Waals surface area contributed by atoms with Crippen LogP contribution >= 0.6 is 0 Å². The molecule has 1 aliphatic heterocycles. The molecule has 26 heavy (non-hydrogen) atoms. The Hall–Kier alpha value is -3.10. The number of carbonyl (C=O) groups excluding carboxylic acids is 1. The molecule has 9 nitrogen and oxygen atoms in total. The number of nitrogens with zero attached hydrogens (tertiary/aromatic N) is 4. The molecule has 1 fully saturated rings. The molecule has 0 aliphatic carbocycles. The minimum atomic E-state index is -0.498. The molecule has 0 bridgehead atoms. The minimum absolute atomic E-state index is 0.00407. The van der Waals surface area contributed by atoms with E-state index in [2.05, 4.69) is 14.9 Å². The molecule has 0 aromatic carbocycles. The van der Waals surface area contributed by atoms with E-state index in [4.69, 9.17) is 4.74 Å². The summed E-state index contributed by atoms with van der Waals surface area (Å²) in [5.74, 6) is 0.565. The van der Waals surface area contributed by atoms with Crippen molar-refractivity contribution in [3.63, 3.8) is 0 Å². The van der Waals surface area contributed by atoms with E-state index >= 15 is 0 Å². The second-order valence-corrected chi connectivity index (χ2v) is 5.98. The smallest absolute Gasteiger partial charge is 0.328 e. The zero-order chi connectivity index (χ0) is 18.5. The van der Waals surface area contributed by atoms with Gasteiger partial charge in [-0.25, -0.2) is 9.78 Å². The van der Waals surface area contributed by atoms with Crippen LogP contribution in [0.5, 0.6) is 5.88 Å². The Morgan fingerprint density at radius 3 is 2.58 bits per heavy atom. The van der Waals surface area contributed by atoms with Gasteiger partial charge in [-0.05, 0) is 6.07 Å². The van der Waals surface area contributed by atoms with Crippen molar-refractivity contribution in [2.45, 2.75) is 13.0 Å². The van der Waals surface area contributed by atoms with Crippen LogP contribution in [0.25, 0.3) is 0 Å². The Labute approximate surface area is 149 Å². The molecule has 3 rings (SSSR count). The van der Waals surface area contributed by atoms with Gasteiger partial charge in [0.25, 0.3) is 5.56 Å². The fourth-order valence-electron chi connectivity index (χ4n) is 2.89. The summed E-state index contributed by atoms with van der Waals surface area (Å²) in [5, 5.41) is 0. The fourth-order valence-corrected chi connectivity index (χ4v) is 2.89. The summed E-state index contributed by atoms with van der Waals surface area (Å²) in [6.45, 7) is 2.92. The third-order valence-corrected chi connectivity index (χ3v) is 4.39. The number of carbonyl (C=O) groups is 1. The van der Waals surface area contributed by atoms with Gasteiger partial charge < -0.3 is 19.1 Å². The van der Waals surface area contributed by atoms with Gasteiger partial charge in [0, 0.05) is 57.5 Å². The molecule has 1 saturated heterocycles. The van der Waals surface area contributed by atoms with Crippen LogP contribution in [0.2, 0.25) is 0 Å². The number of aryl methyl sites for hydroxylation is 1. The number of amides is 1. The number of H-pyrrole nitrogens is 1. The molecule has 0 saturated carbocycles. The standard InChI is InChI=1S/C17H21N5O4/c1-26-15-3-2-13(12-18-15)20-8-10-21(11-9-20)16(24)5-7-22-6-4-14(23)19-17(22)25/h2-4,6,12H,5,7-11H2,1H3,(H,19,23,25). The quantitative estimate of drug-likeness (QED) is 0.785. The first kappa shape index (κ1) is 17.7. The normalized spacial score (nSPS) is 14.3. The molecule has 1 N–H and O–H groups in total. The molecule has 1 amide bonds. The number of ether oxygens (including phenoxy) is 1. The van der Waals surface area contributed by atoms with E-state index in [-0.39, 0.29) is 18.9 Å². The minimum Gasteiger partial charge on any atom is -0.481 e. The zero-order valence-electron chi connectivity index (χ0n) is 14.6. The molecular weight excluding hydrogens is 338 g/mol. The first-order chi connectivity index (χ1) is 12.6. The average Bonchev–Trinajstić information content (AvgIpc) is 2.67. The van der Waals surface area contributed by atoms with Gasteiger partial charge in [-0.15, -0.1) is 0 Å².